The van der Waals surface area contributed by atoms with Crippen LogP contribution in [-0.4, -0.2) is 36.7 Å². The zero-order valence-electron chi connectivity index (χ0n) is 16.0. The molecule has 0 fully saturated rings. The molecule has 1 aromatic carbocycles. The molecule has 0 saturated heterocycles. The van der Waals surface area contributed by atoms with E-state index in [1.54, 1.807) is 13.0 Å². The molecule has 0 aliphatic heterocycles. The molecule has 9 heteroatoms. The fraction of sp³-hybridized carbons (Fsp3) is 0.368. The Morgan fingerprint density at radius 2 is 2.11 bits per heavy atom. The Morgan fingerprint density at radius 3 is 2.75 bits per heavy atom. The largest absolute Gasteiger partial charge is 0.484 e. The molecule has 0 aliphatic carbocycles. The number of carbonyl (C=O) groups excluding carboxylic acids is 1. The van der Waals surface area contributed by atoms with Gasteiger partial charge in [-0.25, -0.2) is 4.99 Å². The predicted octanol–water partition coefficient (Wildman–Crippen LogP) is 2.19. The summed E-state index contributed by atoms with van der Waals surface area (Å²) in [5.74, 6) is 0.660. The molecule has 154 valence electrons. The quantitative estimate of drug-likeness (QED) is 0.231. The van der Waals surface area contributed by atoms with Crippen molar-refractivity contribution < 1.29 is 14.6 Å². The summed E-state index contributed by atoms with van der Waals surface area (Å²) in [5.41, 5.74) is 5.04. The first-order valence-corrected chi connectivity index (χ1v) is 9.57. The number of nitrogens with zero attached hydrogens (tertiary/aromatic N) is 1. The second kappa shape index (κ2) is 11.9. The van der Waals surface area contributed by atoms with Crippen LogP contribution in [-0.2, 0) is 16.9 Å². The summed E-state index contributed by atoms with van der Waals surface area (Å²) in [4.78, 5) is 16.3. The molecule has 2 aromatic rings. The fourth-order valence-electron chi connectivity index (χ4n) is 2.33. The number of amides is 1. The van der Waals surface area contributed by atoms with E-state index in [4.69, 9.17) is 10.5 Å². The third-order valence-corrected chi connectivity index (χ3v) is 4.82. The van der Waals surface area contributed by atoms with Gasteiger partial charge in [-0.1, -0.05) is 18.2 Å². The summed E-state index contributed by atoms with van der Waals surface area (Å²) >= 11 is 1.52. The van der Waals surface area contributed by atoms with Gasteiger partial charge < -0.3 is 26.2 Å². The van der Waals surface area contributed by atoms with Crippen molar-refractivity contribution >= 4 is 47.2 Å². The lowest BCUT2D eigenvalue weighted by Gasteiger charge is -2.23. The molecule has 1 unspecified atom stereocenters. The molecule has 0 aliphatic rings. The van der Waals surface area contributed by atoms with Crippen LogP contribution in [0.2, 0.25) is 0 Å². The minimum absolute atomic E-state index is 0. The first-order chi connectivity index (χ1) is 12.9. The van der Waals surface area contributed by atoms with Crippen LogP contribution < -0.4 is 21.1 Å². The molecule has 0 saturated carbocycles. The first-order valence-electron chi connectivity index (χ1n) is 8.69. The van der Waals surface area contributed by atoms with Gasteiger partial charge in [0.2, 0.25) is 0 Å². The third kappa shape index (κ3) is 8.03. The second-order valence-electron chi connectivity index (χ2n) is 6.20. The molecular weight excluding hydrogens is 491 g/mol. The van der Waals surface area contributed by atoms with Crippen LogP contribution in [0.3, 0.4) is 0 Å². The number of ether oxygens (including phenoxy) is 1. The smallest absolute Gasteiger partial charge is 0.255 e. The third-order valence-electron chi connectivity index (χ3n) is 3.70. The van der Waals surface area contributed by atoms with Crippen molar-refractivity contribution in [3.05, 3.63) is 52.2 Å². The number of guanidine groups is 1. The van der Waals surface area contributed by atoms with Gasteiger partial charge in [-0.05, 0) is 43.0 Å². The van der Waals surface area contributed by atoms with E-state index in [0.717, 1.165) is 10.4 Å². The number of hydrogen-bond acceptors (Lipinski definition) is 5. The molecule has 7 nitrogen and oxygen atoms in total. The van der Waals surface area contributed by atoms with E-state index in [-0.39, 0.29) is 30.6 Å². The van der Waals surface area contributed by atoms with Crippen LogP contribution >= 0.6 is 35.3 Å². The topological polar surface area (TPSA) is 109 Å². The Hall–Kier alpha value is -1.85. The highest BCUT2D eigenvalue weighted by atomic mass is 127. The van der Waals surface area contributed by atoms with Gasteiger partial charge in [0.15, 0.2) is 12.6 Å². The molecule has 5 N–H and O–H groups in total. The van der Waals surface area contributed by atoms with Crippen LogP contribution in [0, 0.1) is 0 Å². The summed E-state index contributed by atoms with van der Waals surface area (Å²) in [6, 6.07) is 11.2. The molecule has 0 bridgehead atoms. The van der Waals surface area contributed by atoms with Gasteiger partial charge in [-0.2, -0.15) is 0 Å². The summed E-state index contributed by atoms with van der Waals surface area (Å²) in [5, 5.41) is 18.9. The van der Waals surface area contributed by atoms with Crippen LogP contribution in [0.1, 0.15) is 24.3 Å². The Balaban J connectivity index is 0.00000392. The van der Waals surface area contributed by atoms with Crippen LogP contribution in [0.4, 0.5) is 0 Å². The first kappa shape index (κ1) is 24.2. The maximum absolute atomic E-state index is 10.8. The Kier molecular flexibility index (Phi) is 10.3. The zero-order chi connectivity index (χ0) is 19.7. The normalized spacial score (nSPS) is 13.2. The van der Waals surface area contributed by atoms with Crippen molar-refractivity contribution in [3.63, 3.8) is 0 Å². The van der Waals surface area contributed by atoms with Gasteiger partial charge in [-0.3, -0.25) is 4.79 Å². The Bertz CT molecular complexity index is 766. The zero-order valence-corrected chi connectivity index (χ0v) is 19.1. The number of nitrogens with two attached hydrogens (primary N) is 1. The SMILES string of the molecule is CCNC(=NCc1cccc(OCC(N)=O)c1)NCC(C)(O)c1cccs1.I. The number of halogens is 1. The van der Waals surface area contributed by atoms with Crippen LogP contribution in [0.5, 0.6) is 5.75 Å². The van der Waals surface area contributed by atoms with Gasteiger partial charge in [0.25, 0.3) is 5.91 Å². The number of nitrogens with one attached hydrogen (secondary N) is 2. The van der Waals surface area contributed by atoms with Gasteiger partial charge in [0, 0.05) is 11.4 Å². The number of primary amides is 1. The maximum Gasteiger partial charge on any atom is 0.255 e. The summed E-state index contributed by atoms with van der Waals surface area (Å²) < 4.78 is 5.31. The standard InChI is InChI=1S/C19H26N4O3S.HI/c1-3-21-18(23-13-19(2,25)16-8-5-9-27-16)22-11-14-6-4-7-15(10-14)26-12-17(20)24;/h4-10,25H,3,11-13H2,1-2H3,(H2,20,24)(H2,21,22,23);1H. The summed E-state index contributed by atoms with van der Waals surface area (Å²) in [7, 11) is 0. The van der Waals surface area contributed by atoms with Gasteiger partial charge in [0.1, 0.15) is 11.4 Å². The highest BCUT2D eigenvalue weighted by Crippen LogP contribution is 2.24. The van der Waals surface area contributed by atoms with E-state index >= 15 is 0 Å². The number of aliphatic hydroxyl groups is 1. The lowest BCUT2D eigenvalue weighted by Crippen LogP contribution is -2.44. The summed E-state index contributed by atoms with van der Waals surface area (Å²) in [6.45, 7) is 5.05. The van der Waals surface area contributed by atoms with Crippen LogP contribution in [0.25, 0.3) is 0 Å². The predicted molar refractivity (Wildman–Crippen MR) is 123 cm³/mol. The van der Waals surface area contributed by atoms with E-state index < -0.39 is 11.5 Å². The van der Waals surface area contributed by atoms with E-state index in [0.29, 0.717) is 31.3 Å². The van der Waals surface area contributed by atoms with E-state index in [9.17, 15) is 9.90 Å². The molecule has 1 atom stereocenters. The number of thiophene rings is 1. The minimum Gasteiger partial charge on any atom is -0.484 e. The average molecular weight is 518 g/mol. The monoisotopic (exact) mass is 518 g/mol. The molecule has 1 amide bonds. The van der Waals surface area contributed by atoms with Crippen molar-refractivity contribution in [1.82, 2.24) is 10.6 Å². The molecule has 0 radical (unpaired) electrons. The van der Waals surface area contributed by atoms with E-state index in [1.807, 2.05) is 42.6 Å². The highest BCUT2D eigenvalue weighted by molar-refractivity contribution is 14.0. The van der Waals surface area contributed by atoms with Crippen molar-refractivity contribution in [3.8, 4) is 5.75 Å². The lowest BCUT2D eigenvalue weighted by atomic mass is 10.1. The van der Waals surface area contributed by atoms with E-state index in [2.05, 4.69) is 15.6 Å². The molecule has 1 heterocycles. The van der Waals surface area contributed by atoms with Gasteiger partial charge >= 0.3 is 0 Å². The lowest BCUT2D eigenvalue weighted by molar-refractivity contribution is -0.119. The molecule has 1 aromatic heterocycles. The number of aliphatic imine (C=N–C) groups is 1. The molecule has 0 spiro atoms. The minimum atomic E-state index is -0.979. The van der Waals surface area contributed by atoms with Gasteiger partial charge in [-0.15, -0.1) is 35.3 Å². The summed E-state index contributed by atoms with van der Waals surface area (Å²) in [6.07, 6.45) is 0. The van der Waals surface area contributed by atoms with E-state index in [1.165, 1.54) is 11.3 Å². The van der Waals surface area contributed by atoms with Crippen molar-refractivity contribution in [1.29, 1.82) is 0 Å². The van der Waals surface area contributed by atoms with Crippen molar-refractivity contribution in [2.45, 2.75) is 26.0 Å². The number of hydrogen-bond donors (Lipinski definition) is 4. The van der Waals surface area contributed by atoms with Crippen molar-refractivity contribution in [2.24, 2.45) is 10.7 Å². The molecular formula is C19H27IN4O3S. The molecule has 28 heavy (non-hydrogen) atoms. The fourth-order valence-corrected chi connectivity index (χ4v) is 3.12. The number of benzene rings is 1. The Morgan fingerprint density at radius 1 is 1.32 bits per heavy atom. The number of rotatable bonds is 9. The van der Waals surface area contributed by atoms with Crippen molar-refractivity contribution in [2.75, 3.05) is 19.7 Å². The van der Waals surface area contributed by atoms with Crippen LogP contribution in [0.15, 0.2) is 46.8 Å². The second-order valence-corrected chi connectivity index (χ2v) is 7.15. The van der Waals surface area contributed by atoms with Gasteiger partial charge in [0.05, 0.1) is 13.1 Å². The maximum atomic E-state index is 10.8. The average Bonchev–Trinajstić information content (AvgIpc) is 3.18. The number of carbonyl (C=O) groups is 1. The molecule has 2 rings (SSSR count). The Labute approximate surface area is 186 Å². The highest BCUT2D eigenvalue weighted by Gasteiger charge is 2.24.